The maximum Gasteiger partial charge on any atom is 0.231 e. The maximum absolute atomic E-state index is 12.7. The third kappa shape index (κ3) is 2.83. The van der Waals surface area contributed by atoms with Gasteiger partial charge in [-0.1, -0.05) is 6.92 Å². The van der Waals surface area contributed by atoms with Crippen molar-refractivity contribution in [3.05, 3.63) is 29.6 Å². The van der Waals surface area contributed by atoms with Gasteiger partial charge in [0.15, 0.2) is 0 Å². The highest BCUT2D eigenvalue weighted by molar-refractivity contribution is 7.17. The molecule has 3 rings (SSSR count). The number of benzene rings is 1. The number of fused-ring (bicyclic) bond motifs is 1. The number of carbonyl (C=O) groups excluding carboxylic acids is 1. The van der Waals surface area contributed by atoms with E-state index in [0.717, 1.165) is 31.4 Å². The van der Waals surface area contributed by atoms with Crippen molar-refractivity contribution in [1.82, 2.24) is 0 Å². The molecule has 1 aliphatic carbocycles. The van der Waals surface area contributed by atoms with Gasteiger partial charge < -0.3 is 11.1 Å². The standard InChI is InChI=1S/C17H22N2OS/c1-12-4-7-17(11-18,8-5-12)16(20)19-14-2-3-15-13(10-14)6-9-21-15/h2-3,6,9-10,12H,4-5,7-8,11,18H2,1H3,(H,19,20). The second-order valence-corrected chi connectivity index (χ2v) is 7.24. The van der Waals surface area contributed by atoms with Crippen LogP contribution in [-0.2, 0) is 4.79 Å². The minimum Gasteiger partial charge on any atom is -0.329 e. The molecular weight excluding hydrogens is 280 g/mol. The predicted molar refractivity (Wildman–Crippen MR) is 89.6 cm³/mol. The van der Waals surface area contributed by atoms with E-state index in [1.165, 1.54) is 10.1 Å². The number of anilines is 1. The van der Waals surface area contributed by atoms with Crippen LogP contribution in [0, 0.1) is 11.3 Å². The van der Waals surface area contributed by atoms with E-state index in [9.17, 15) is 4.79 Å². The first kappa shape index (κ1) is 14.5. The zero-order valence-corrected chi connectivity index (χ0v) is 13.2. The van der Waals surface area contributed by atoms with E-state index < -0.39 is 0 Å². The average Bonchev–Trinajstić information content (AvgIpc) is 2.96. The first-order valence-electron chi connectivity index (χ1n) is 7.62. The molecule has 1 aromatic carbocycles. The Morgan fingerprint density at radius 3 is 2.86 bits per heavy atom. The summed E-state index contributed by atoms with van der Waals surface area (Å²) in [5.41, 5.74) is 6.45. The number of amides is 1. The fourth-order valence-electron chi connectivity index (χ4n) is 3.15. The highest BCUT2D eigenvalue weighted by atomic mass is 32.1. The minimum atomic E-state index is -0.379. The monoisotopic (exact) mass is 302 g/mol. The second-order valence-electron chi connectivity index (χ2n) is 6.29. The van der Waals surface area contributed by atoms with Crippen molar-refractivity contribution in [3.63, 3.8) is 0 Å². The lowest BCUT2D eigenvalue weighted by molar-refractivity contribution is -0.127. The summed E-state index contributed by atoms with van der Waals surface area (Å²) >= 11 is 1.71. The Kier molecular flexibility index (Phi) is 4.00. The van der Waals surface area contributed by atoms with E-state index >= 15 is 0 Å². The van der Waals surface area contributed by atoms with Gasteiger partial charge in [-0.05, 0) is 66.6 Å². The highest BCUT2D eigenvalue weighted by Gasteiger charge is 2.39. The van der Waals surface area contributed by atoms with Crippen molar-refractivity contribution < 1.29 is 4.79 Å². The van der Waals surface area contributed by atoms with Gasteiger partial charge in [-0.2, -0.15) is 0 Å². The third-order valence-electron chi connectivity index (χ3n) is 4.81. The van der Waals surface area contributed by atoms with E-state index in [0.29, 0.717) is 12.5 Å². The molecule has 1 aliphatic rings. The molecule has 112 valence electrons. The van der Waals surface area contributed by atoms with Crippen molar-refractivity contribution in [3.8, 4) is 0 Å². The van der Waals surface area contributed by atoms with Crippen LogP contribution in [0.5, 0.6) is 0 Å². The molecule has 21 heavy (non-hydrogen) atoms. The zero-order valence-electron chi connectivity index (χ0n) is 12.4. The lowest BCUT2D eigenvalue weighted by atomic mass is 9.70. The first-order valence-corrected chi connectivity index (χ1v) is 8.50. The van der Waals surface area contributed by atoms with Crippen molar-refractivity contribution in [2.45, 2.75) is 32.6 Å². The lowest BCUT2D eigenvalue weighted by Crippen LogP contribution is -2.44. The normalized spacial score (nSPS) is 25.9. The summed E-state index contributed by atoms with van der Waals surface area (Å²) in [4.78, 5) is 12.7. The van der Waals surface area contributed by atoms with Crippen LogP contribution in [0.1, 0.15) is 32.6 Å². The maximum atomic E-state index is 12.7. The van der Waals surface area contributed by atoms with Gasteiger partial charge in [0.1, 0.15) is 0 Å². The fraction of sp³-hybridized carbons (Fsp3) is 0.471. The molecule has 3 nitrogen and oxygen atoms in total. The van der Waals surface area contributed by atoms with Crippen molar-refractivity contribution in [2.24, 2.45) is 17.1 Å². The molecule has 1 amide bonds. The Labute approximate surface area is 129 Å². The Bertz CT molecular complexity index is 641. The molecule has 0 atom stereocenters. The molecule has 2 aromatic rings. The van der Waals surface area contributed by atoms with Crippen LogP contribution in [0.25, 0.3) is 10.1 Å². The van der Waals surface area contributed by atoms with Crippen LogP contribution in [0.2, 0.25) is 0 Å². The van der Waals surface area contributed by atoms with Crippen molar-refractivity contribution in [2.75, 3.05) is 11.9 Å². The van der Waals surface area contributed by atoms with Crippen LogP contribution in [0.4, 0.5) is 5.69 Å². The Balaban J connectivity index is 1.77. The molecule has 1 fully saturated rings. The van der Waals surface area contributed by atoms with Crippen LogP contribution in [0.15, 0.2) is 29.6 Å². The first-order chi connectivity index (χ1) is 10.1. The topological polar surface area (TPSA) is 55.1 Å². The Morgan fingerprint density at radius 2 is 2.14 bits per heavy atom. The highest BCUT2D eigenvalue weighted by Crippen LogP contribution is 2.39. The van der Waals surface area contributed by atoms with E-state index in [1.54, 1.807) is 11.3 Å². The molecule has 0 saturated heterocycles. The number of hydrogen-bond acceptors (Lipinski definition) is 3. The molecule has 0 aliphatic heterocycles. The average molecular weight is 302 g/mol. The molecule has 0 spiro atoms. The van der Waals surface area contributed by atoms with Crippen LogP contribution < -0.4 is 11.1 Å². The van der Waals surface area contributed by atoms with E-state index in [1.807, 2.05) is 12.1 Å². The number of nitrogens with one attached hydrogen (secondary N) is 1. The van der Waals surface area contributed by atoms with Gasteiger partial charge in [-0.15, -0.1) is 11.3 Å². The molecule has 0 bridgehead atoms. The lowest BCUT2D eigenvalue weighted by Gasteiger charge is -2.37. The SMILES string of the molecule is CC1CCC(CN)(C(=O)Nc2ccc3sccc3c2)CC1. The van der Waals surface area contributed by atoms with Gasteiger partial charge in [-0.25, -0.2) is 0 Å². The number of rotatable bonds is 3. The van der Waals surface area contributed by atoms with E-state index in [2.05, 4.69) is 29.8 Å². The summed E-state index contributed by atoms with van der Waals surface area (Å²) in [5, 5.41) is 6.33. The number of nitrogens with two attached hydrogens (primary N) is 1. The summed E-state index contributed by atoms with van der Waals surface area (Å²) in [6.45, 7) is 2.69. The third-order valence-corrected chi connectivity index (χ3v) is 5.71. The van der Waals surface area contributed by atoms with E-state index in [4.69, 9.17) is 5.73 Å². The number of hydrogen-bond donors (Lipinski definition) is 2. The molecule has 4 heteroatoms. The van der Waals surface area contributed by atoms with Gasteiger partial charge in [-0.3, -0.25) is 4.79 Å². The number of thiophene rings is 1. The zero-order chi connectivity index (χ0) is 14.9. The predicted octanol–water partition coefficient (Wildman–Crippen LogP) is 4.00. The quantitative estimate of drug-likeness (QED) is 0.900. The molecule has 0 unspecified atom stereocenters. The molecular formula is C17H22N2OS. The van der Waals surface area contributed by atoms with Gasteiger partial charge in [0, 0.05) is 16.9 Å². The molecule has 1 heterocycles. The van der Waals surface area contributed by atoms with Gasteiger partial charge in [0.2, 0.25) is 5.91 Å². The Hall–Kier alpha value is -1.39. The molecule has 1 saturated carbocycles. The van der Waals surface area contributed by atoms with Crippen molar-refractivity contribution in [1.29, 1.82) is 0 Å². The number of carbonyl (C=O) groups is 1. The minimum absolute atomic E-state index is 0.0893. The molecule has 3 N–H and O–H groups in total. The summed E-state index contributed by atoms with van der Waals surface area (Å²) in [5.74, 6) is 0.797. The largest absolute Gasteiger partial charge is 0.329 e. The summed E-state index contributed by atoms with van der Waals surface area (Å²) in [7, 11) is 0. The van der Waals surface area contributed by atoms with Gasteiger partial charge in [0.05, 0.1) is 5.41 Å². The van der Waals surface area contributed by atoms with Gasteiger partial charge in [0.25, 0.3) is 0 Å². The smallest absolute Gasteiger partial charge is 0.231 e. The van der Waals surface area contributed by atoms with Crippen LogP contribution in [-0.4, -0.2) is 12.5 Å². The van der Waals surface area contributed by atoms with Crippen LogP contribution >= 0.6 is 11.3 Å². The fourth-order valence-corrected chi connectivity index (χ4v) is 3.92. The summed E-state index contributed by atoms with van der Waals surface area (Å²) < 4.78 is 1.24. The second kappa shape index (κ2) is 5.78. The molecule has 0 radical (unpaired) electrons. The molecule has 1 aromatic heterocycles. The van der Waals surface area contributed by atoms with Crippen LogP contribution in [0.3, 0.4) is 0 Å². The summed E-state index contributed by atoms with van der Waals surface area (Å²) in [6.07, 6.45) is 3.98. The van der Waals surface area contributed by atoms with Gasteiger partial charge >= 0.3 is 0 Å². The summed E-state index contributed by atoms with van der Waals surface area (Å²) in [6, 6.07) is 8.16. The van der Waals surface area contributed by atoms with Crippen molar-refractivity contribution >= 4 is 33.0 Å². The Morgan fingerprint density at radius 1 is 1.38 bits per heavy atom. The van der Waals surface area contributed by atoms with E-state index in [-0.39, 0.29) is 11.3 Å².